The first kappa shape index (κ1) is 14.4. The van der Waals surface area contributed by atoms with E-state index in [0.29, 0.717) is 19.5 Å². The molecule has 100 valence electrons. The number of aliphatic carboxylic acids is 1. The van der Waals surface area contributed by atoms with E-state index in [9.17, 15) is 13.2 Å². The molecule has 0 spiro atoms. The molecule has 1 heterocycles. The van der Waals surface area contributed by atoms with Crippen LogP contribution in [0, 0.1) is 5.92 Å². The summed E-state index contributed by atoms with van der Waals surface area (Å²) in [7, 11) is -3.19. The number of sulfonamides is 1. The van der Waals surface area contributed by atoms with Crippen molar-refractivity contribution in [1.82, 2.24) is 4.31 Å². The first-order valence-electron chi connectivity index (χ1n) is 6.04. The Kier molecular flexibility index (Phi) is 4.94. The summed E-state index contributed by atoms with van der Waals surface area (Å²) in [6.45, 7) is 4.41. The molecule has 1 N–H and O–H groups in total. The van der Waals surface area contributed by atoms with E-state index >= 15 is 0 Å². The average molecular weight is 263 g/mol. The number of carboxylic acid groups (broad SMARTS) is 1. The second-order valence-corrected chi connectivity index (χ2v) is 7.38. The number of piperidine rings is 1. The van der Waals surface area contributed by atoms with Gasteiger partial charge in [-0.3, -0.25) is 4.79 Å². The lowest BCUT2D eigenvalue weighted by Gasteiger charge is -2.32. The van der Waals surface area contributed by atoms with Crippen LogP contribution in [0.2, 0.25) is 0 Å². The average Bonchev–Trinajstić information content (AvgIpc) is 2.26. The van der Waals surface area contributed by atoms with Crippen molar-refractivity contribution in [2.24, 2.45) is 5.92 Å². The van der Waals surface area contributed by atoms with Crippen molar-refractivity contribution in [3.8, 4) is 0 Å². The molecule has 0 aliphatic carbocycles. The maximum absolute atomic E-state index is 12.0. The van der Waals surface area contributed by atoms with Gasteiger partial charge < -0.3 is 5.11 Å². The van der Waals surface area contributed by atoms with Gasteiger partial charge in [0.1, 0.15) is 0 Å². The molecule has 1 atom stereocenters. The van der Waals surface area contributed by atoms with E-state index < -0.39 is 21.2 Å². The van der Waals surface area contributed by atoms with Gasteiger partial charge in [-0.15, -0.1) is 0 Å². The summed E-state index contributed by atoms with van der Waals surface area (Å²) in [4.78, 5) is 10.5. The van der Waals surface area contributed by atoms with Crippen molar-refractivity contribution in [3.63, 3.8) is 0 Å². The first-order chi connectivity index (χ1) is 7.84. The highest BCUT2D eigenvalue weighted by Gasteiger charge is 2.30. The molecule has 1 unspecified atom stereocenters. The number of rotatable bonds is 5. The Bertz CT molecular complexity index is 364. The minimum atomic E-state index is -3.19. The standard InChI is InChI=1S/C11H21NO4S/c1-9(2)17(15,16)12-7-3-4-10(8-12)5-6-11(13)14/h9-10H,3-8H2,1-2H3,(H,13,14). The van der Waals surface area contributed by atoms with Gasteiger partial charge >= 0.3 is 5.97 Å². The van der Waals surface area contributed by atoms with Gasteiger partial charge in [0.2, 0.25) is 10.0 Å². The molecule has 1 aliphatic heterocycles. The second-order valence-electron chi connectivity index (χ2n) is 4.89. The van der Waals surface area contributed by atoms with Crippen LogP contribution in [0.1, 0.15) is 39.5 Å². The molecule has 0 aromatic rings. The topological polar surface area (TPSA) is 74.7 Å². The molecule has 0 bridgehead atoms. The lowest BCUT2D eigenvalue weighted by atomic mass is 9.95. The monoisotopic (exact) mass is 263 g/mol. The number of hydrogen-bond acceptors (Lipinski definition) is 3. The smallest absolute Gasteiger partial charge is 0.303 e. The molecule has 0 aromatic carbocycles. The van der Waals surface area contributed by atoms with Crippen LogP contribution in [-0.4, -0.2) is 42.1 Å². The molecule has 1 fully saturated rings. The molecule has 1 saturated heterocycles. The molecule has 5 nitrogen and oxygen atoms in total. The van der Waals surface area contributed by atoms with Crippen LogP contribution in [0.5, 0.6) is 0 Å². The molecule has 0 amide bonds. The Morgan fingerprint density at radius 2 is 2.12 bits per heavy atom. The highest BCUT2D eigenvalue weighted by molar-refractivity contribution is 7.89. The number of carbonyl (C=O) groups is 1. The highest BCUT2D eigenvalue weighted by Crippen LogP contribution is 2.24. The Balaban J connectivity index is 2.58. The fourth-order valence-corrected chi connectivity index (χ4v) is 3.52. The fraction of sp³-hybridized carbons (Fsp3) is 0.909. The van der Waals surface area contributed by atoms with Gasteiger partial charge in [0.05, 0.1) is 5.25 Å². The van der Waals surface area contributed by atoms with E-state index in [-0.39, 0.29) is 12.3 Å². The minimum Gasteiger partial charge on any atom is -0.481 e. The molecular weight excluding hydrogens is 242 g/mol. The highest BCUT2D eigenvalue weighted by atomic mass is 32.2. The molecule has 1 rings (SSSR count). The van der Waals surface area contributed by atoms with Crippen molar-refractivity contribution in [2.45, 2.75) is 44.8 Å². The summed E-state index contributed by atoms with van der Waals surface area (Å²) < 4.78 is 25.5. The summed E-state index contributed by atoms with van der Waals surface area (Å²) in [6, 6.07) is 0. The van der Waals surface area contributed by atoms with Crippen LogP contribution < -0.4 is 0 Å². The van der Waals surface area contributed by atoms with Crippen LogP contribution in [-0.2, 0) is 14.8 Å². The summed E-state index contributed by atoms with van der Waals surface area (Å²) >= 11 is 0. The Labute approximate surface area is 103 Å². The Morgan fingerprint density at radius 3 is 2.65 bits per heavy atom. The van der Waals surface area contributed by atoms with E-state index in [1.165, 1.54) is 4.31 Å². The maximum atomic E-state index is 12.0. The maximum Gasteiger partial charge on any atom is 0.303 e. The first-order valence-corrected chi connectivity index (χ1v) is 7.55. The normalized spacial score (nSPS) is 22.9. The summed E-state index contributed by atoms with van der Waals surface area (Å²) in [5, 5.41) is 8.22. The summed E-state index contributed by atoms with van der Waals surface area (Å²) in [5.41, 5.74) is 0. The van der Waals surface area contributed by atoms with Gasteiger partial charge in [-0.1, -0.05) is 0 Å². The van der Waals surface area contributed by atoms with Crippen molar-refractivity contribution in [1.29, 1.82) is 0 Å². The van der Waals surface area contributed by atoms with Gasteiger partial charge in [0.15, 0.2) is 0 Å². The van der Waals surface area contributed by atoms with Crippen LogP contribution in [0.3, 0.4) is 0 Å². The predicted octanol–water partition coefficient (Wildman–Crippen LogP) is 1.30. The van der Waals surface area contributed by atoms with Crippen molar-refractivity contribution in [2.75, 3.05) is 13.1 Å². The number of hydrogen-bond donors (Lipinski definition) is 1. The molecule has 1 aliphatic rings. The third-order valence-electron chi connectivity index (χ3n) is 3.20. The Morgan fingerprint density at radius 1 is 1.47 bits per heavy atom. The van der Waals surface area contributed by atoms with Crippen LogP contribution >= 0.6 is 0 Å². The van der Waals surface area contributed by atoms with E-state index in [1.54, 1.807) is 13.8 Å². The zero-order chi connectivity index (χ0) is 13.1. The summed E-state index contributed by atoms with van der Waals surface area (Å²) in [5.74, 6) is -0.623. The van der Waals surface area contributed by atoms with Gasteiger partial charge in [-0.2, -0.15) is 0 Å². The quantitative estimate of drug-likeness (QED) is 0.811. The van der Waals surface area contributed by atoms with Crippen LogP contribution in [0.25, 0.3) is 0 Å². The van der Waals surface area contributed by atoms with E-state index in [1.807, 2.05) is 0 Å². The van der Waals surface area contributed by atoms with Gasteiger partial charge in [-0.25, -0.2) is 12.7 Å². The summed E-state index contributed by atoms with van der Waals surface area (Å²) in [6.07, 6.45) is 2.45. The SMILES string of the molecule is CC(C)S(=O)(=O)N1CCCC(CCC(=O)O)C1. The molecule has 0 radical (unpaired) electrons. The molecule has 0 saturated carbocycles. The lowest BCUT2D eigenvalue weighted by Crippen LogP contribution is -2.43. The lowest BCUT2D eigenvalue weighted by molar-refractivity contribution is -0.137. The van der Waals surface area contributed by atoms with Gasteiger partial charge in [0, 0.05) is 19.5 Å². The molecule has 17 heavy (non-hydrogen) atoms. The fourth-order valence-electron chi connectivity index (χ4n) is 2.12. The molecule has 0 aromatic heterocycles. The van der Waals surface area contributed by atoms with Crippen LogP contribution in [0.4, 0.5) is 0 Å². The van der Waals surface area contributed by atoms with E-state index in [4.69, 9.17) is 5.11 Å². The molecular formula is C11H21NO4S. The third-order valence-corrected chi connectivity index (χ3v) is 5.45. The third kappa shape index (κ3) is 3.96. The van der Waals surface area contributed by atoms with Gasteiger partial charge in [0.25, 0.3) is 0 Å². The van der Waals surface area contributed by atoms with Crippen LogP contribution in [0.15, 0.2) is 0 Å². The van der Waals surface area contributed by atoms with Crippen molar-refractivity contribution in [3.05, 3.63) is 0 Å². The van der Waals surface area contributed by atoms with Crippen molar-refractivity contribution >= 4 is 16.0 Å². The minimum absolute atomic E-state index is 0.125. The number of nitrogens with zero attached hydrogens (tertiary/aromatic N) is 1. The van der Waals surface area contributed by atoms with E-state index in [0.717, 1.165) is 12.8 Å². The predicted molar refractivity (Wildman–Crippen MR) is 65.2 cm³/mol. The van der Waals surface area contributed by atoms with Crippen molar-refractivity contribution < 1.29 is 18.3 Å². The zero-order valence-electron chi connectivity index (χ0n) is 10.4. The zero-order valence-corrected chi connectivity index (χ0v) is 11.2. The largest absolute Gasteiger partial charge is 0.481 e. The second kappa shape index (κ2) is 5.82. The molecule has 6 heteroatoms. The Hall–Kier alpha value is -0.620. The van der Waals surface area contributed by atoms with Gasteiger partial charge in [-0.05, 0) is 39.0 Å². The van der Waals surface area contributed by atoms with E-state index in [2.05, 4.69) is 0 Å². The number of carboxylic acids is 1.